The van der Waals surface area contributed by atoms with Gasteiger partial charge < -0.3 is 10.2 Å². The SMILES string of the molecule is CCN(CC)C(=O)NCC(C)(C)c1ccc(Cl)cc1Cl. The summed E-state index contributed by atoms with van der Waals surface area (Å²) < 4.78 is 0. The quantitative estimate of drug-likeness (QED) is 0.862. The second-order valence-corrected chi connectivity index (χ2v) is 6.18. The van der Waals surface area contributed by atoms with Gasteiger partial charge >= 0.3 is 6.03 Å². The lowest BCUT2D eigenvalue weighted by atomic mass is 9.84. The first-order chi connectivity index (χ1) is 9.31. The lowest BCUT2D eigenvalue weighted by Gasteiger charge is -2.28. The zero-order valence-corrected chi connectivity index (χ0v) is 14.0. The van der Waals surface area contributed by atoms with Gasteiger partial charge in [0, 0.05) is 35.1 Å². The van der Waals surface area contributed by atoms with Crippen LogP contribution in [0.4, 0.5) is 4.79 Å². The minimum absolute atomic E-state index is 0.0480. The summed E-state index contributed by atoms with van der Waals surface area (Å²) in [5.41, 5.74) is 0.716. The van der Waals surface area contributed by atoms with Gasteiger partial charge in [-0.3, -0.25) is 0 Å². The minimum atomic E-state index is -0.259. The number of hydrogen-bond donors (Lipinski definition) is 1. The maximum atomic E-state index is 12.0. The Morgan fingerprint density at radius 2 is 1.85 bits per heavy atom. The van der Waals surface area contributed by atoms with Gasteiger partial charge in [0.25, 0.3) is 0 Å². The van der Waals surface area contributed by atoms with Gasteiger partial charge in [0.05, 0.1) is 0 Å². The third-order valence-corrected chi connectivity index (χ3v) is 3.94. The number of halogens is 2. The summed E-state index contributed by atoms with van der Waals surface area (Å²) >= 11 is 12.2. The van der Waals surface area contributed by atoms with Crippen molar-refractivity contribution < 1.29 is 4.79 Å². The van der Waals surface area contributed by atoms with Crippen LogP contribution in [-0.2, 0) is 5.41 Å². The van der Waals surface area contributed by atoms with Crippen LogP contribution in [0, 0.1) is 0 Å². The molecule has 0 aliphatic rings. The molecule has 3 nitrogen and oxygen atoms in total. The highest BCUT2D eigenvalue weighted by molar-refractivity contribution is 6.35. The average Bonchev–Trinajstić information content (AvgIpc) is 2.37. The van der Waals surface area contributed by atoms with Crippen LogP contribution in [0.25, 0.3) is 0 Å². The molecule has 0 aliphatic carbocycles. The fourth-order valence-electron chi connectivity index (χ4n) is 2.05. The van der Waals surface area contributed by atoms with Crippen molar-refractivity contribution in [2.45, 2.75) is 33.1 Å². The number of hydrogen-bond acceptors (Lipinski definition) is 1. The topological polar surface area (TPSA) is 32.3 Å². The molecule has 1 N–H and O–H groups in total. The Kier molecular flexibility index (Phi) is 6.15. The third-order valence-electron chi connectivity index (χ3n) is 3.39. The van der Waals surface area contributed by atoms with Crippen LogP contribution in [0.2, 0.25) is 10.0 Å². The van der Waals surface area contributed by atoms with E-state index in [0.29, 0.717) is 29.7 Å². The average molecular weight is 317 g/mol. The number of urea groups is 1. The normalized spacial score (nSPS) is 11.3. The van der Waals surface area contributed by atoms with Crippen LogP contribution in [0.1, 0.15) is 33.3 Å². The molecule has 0 heterocycles. The Balaban J connectivity index is 2.77. The lowest BCUT2D eigenvalue weighted by molar-refractivity contribution is 0.201. The maximum absolute atomic E-state index is 12.0. The van der Waals surface area contributed by atoms with Crippen molar-refractivity contribution in [1.29, 1.82) is 0 Å². The molecule has 0 saturated carbocycles. The fraction of sp³-hybridized carbons (Fsp3) is 0.533. The Morgan fingerprint density at radius 3 is 2.35 bits per heavy atom. The highest BCUT2D eigenvalue weighted by Crippen LogP contribution is 2.31. The number of nitrogens with one attached hydrogen (secondary N) is 1. The molecule has 20 heavy (non-hydrogen) atoms. The van der Waals surface area contributed by atoms with Crippen molar-refractivity contribution in [1.82, 2.24) is 10.2 Å². The zero-order chi connectivity index (χ0) is 15.3. The Hall–Kier alpha value is -0.930. The van der Waals surface area contributed by atoms with Gasteiger partial charge in [-0.15, -0.1) is 0 Å². The first-order valence-corrected chi connectivity index (χ1v) is 7.55. The first-order valence-electron chi connectivity index (χ1n) is 6.80. The summed E-state index contributed by atoms with van der Waals surface area (Å²) in [7, 11) is 0. The zero-order valence-electron chi connectivity index (χ0n) is 12.5. The van der Waals surface area contributed by atoms with Crippen molar-refractivity contribution >= 4 is 29.2 Å². The van der Waals surface area contributed by atoms with E-state index < -0.39 is 0 Å². The third kappa shape index (κ3) is 4.29. The number of carbonyl (C=O) groups is 1. The van der Waals surface area contributed by atoms with Gasteiger partial charge in [-0.05, 0) is 31.5 Å². The van der Waals surface area contributed by atoms with E-state index in [1.54, 1.807) is 11.0 Å². The maximum Gasteiger partial charge on any atom is 0.317 e. The van der Waals surface area contributed by atoms with Crippen molar-refractivity contribution in [2.75, 3.05) is 19.6 Å². The van der Waals surface area contributed by atoms with E-state index in [1.165, 1.54) is 0 Å². The molecule has 0 aromatic heterocycles. The molecular weight excluding hydrogens is 295 g/mol. The molecule has 0 bridgehead atoms. The van der Waals surface area contributed by atoms with E-state index in [0.717, 1.165) is 5.56 Å². The predicted octanol–water partition coefficient (Wildman–Crippen LogP) is 4.32. The van der Waals surface area contributed by atoms with E-state index in [2.05, 4.69) is 5.32 Å². The number of amides is 2. The molecule has 1 aromatic rings. The molecule has 0 unspecified atom stereocenters. The fourth-order valence-corrected chi connectivity index (χ4v) is 2.72. The molecule has 1 rings (SSSR count). The van der Waals surface area contributed by atoms with Crippen LogP contribution >= 0.6 is 23.2 Å². The molecule has 0 saturated heterocycles. The monoisotopic (exact) mass is 316 g/mol. The second-order valence-electron chi connectivity index (χ2n) is 5.34. The molecule has 1 aromatic carbocycles. The van der Waals surface area contributed by atoms with Gasteiger partial charge in [-0.2, -0.15) is 0 Å². The summed E-state index contributed by atoms with van der Waals surface area (Å²) in [5.74, 6) is 0. The van der Waals surface area contributed by atoms with Gasteiger partial charge in [0.2, 0.25) is 0 Å². The smallest absolute Gasteiger partial charge is 0.317 e. The largest absolute Gasteiger partial charge is 0.337 e. The Morgan fingerprint density at radius 1 is 1.25 bits per heavy atom. The van der Waals surface area contributed by atoms with E-state index in [4.69, 9.17) is 23.2 Å². The van der Waals surface area contributed by atoms with Crippen LogP contribution in [0.3, 0.4) is 0 Å². The molecule has 0 radical (unpaired) electrons. The molecule has 0 spiro atoms. The van der Waals surface area contributed by atoms with Crippen molar-refractivity contribution in [2.24, 2.45) is 0 Å². The second kappa shape index (κ2) is 7.19. The molecular formula is C15H22Cl2N2O. The summed E-state index contributed by atoms with van der Waals surface area (Å²) in [6, 6.07) is 5.41. The highest BCUT2D eigenvalue weighted by Gasteiger charge is 2.24. The Bertz CT molecular complexity index is 471. The molecule has 0 fully saturated rings. The van der Waals surface area contributed by atoms with Crippen LogP contribution in [0.15, 0.2) is 18.2 Å². The van der Waals surface area contributed by atoms with Crippen LogP contribution < -0.4 is 5.32 Å². The lowest BCUT2D eigenvalue weighted by Crippen LogP contribution is -2.44. The van der Waals surface area contributed by atoms with Gasteiger partial charge in [-0.25, -0.2) is 4.79 Å². The number of carbonyl (C=O) groups excluding carboxylic acids is 1. The molecule has 112 valence electrons. The minimum Gasteiger partial charge on any atom is -0.337 e. The molecule has 0 aliphatic heterocycles. The summed E-state index contributed by atoms with van der Waals surface area (Å²) in [5, 5.41) is 4.20. The molecule has 5 heteroatoms. The molecule has 0 atom stereocenters. The predicted molar refractivity (Wildman–Crippen MR) is 85.8 cm³/mol. The summed E-state index contributed by atoms with van der Waals surface area (Å²) in [6.07, 6.45) is 0. The summed E-state index contributed by atoms with van der Waals surface area (Å²) in [4.78, 5) is 13.7. The van der Waals surface area contributed by atoms with E-state index in [-0.39, 0.29) is 11.4 Å². The summed E-state index contributed by atoms with van der Waals surface area (Å²) in [6.45, 7) is 9.93. The van der Waals surface area contributed by atoms with Crippen molar-refractivity contribution in [3.63, 3.8) is 0 Å². The Labute approximate surface area is 131 Å². The van der Waals surface area contributed by atoms with Crippen molar-refractivity contribution in [3.05, 3.63) is 33.8 Å². The van der Waals surface area contributed by atoms with Gasteiger partial charge in [-0.1, -0.05) is 43.1 Å². The number of rotatable bonds is 5. The van der Waals surface area contributed by atoms with E-state index in [9.17, 15) is 4.79 Å². The standard InChI is InChI=1S/C15H22Cl2N2O/c1-5-19(6-2)14(20)18-10-15(3,4)12-8-7-11(16)9-13(12)17/h7-9H,5-6,10H2,1-4H3,(H,18,20). The van der Waals surface area contributed by atoms with E-state index in [1.807, 2.05) is 39.8 Å². The number of benzene rings is 1. The van der Waals surface area contributed by atoms with Crippen molar-refractivity contribution in [3.8, 4) is 0 Å². The molecule has 2 amide bonds. The van der Waals surface area contributed by atoms with E-state index >= 15 is 0 Å². The van der Waals surface area contributed by atoms with Gasteiger partial charge in [0.1, 0.15) is 0 Å². The number of nitrogens with zero attached hydrogens (tertiary/aromatic N) is 1. The van der Waals surface area contributed by atoms with Gasteiger partial charge in [0.15, 0.2) is 0 Å². The van der Waals surface area contributed by atoms with Crippen LogP contribution in [-0.4, -0.2) is 30.6 Å². The van der Waals surface area contributed by atoms with Crippen LogP contribution in [0.5, 0.6) is 0 Å². The first kappa shape index (κ1) is 17.1. The highest BCUT2D eigenvalue weighted by atomic mass is 35.5.